The summed E-state index contributed by atoms with van der Waals surface area (Å²) < 4.78 is 7.38. The van der Waals surface area contributed by atoms with Gasteiger partial charge in [-0.3, -0.25) is 0 Å². The summed E-state index contributed by atoms with van der Waals surface area (Å²) in [6.07, 6.45) is 4.84. The van der Waals surface area contributed by atoms with Crippen molar-refractivity contribution in [3.8, 4) is 17.6 Å². The largest absolute Gasteiger partial charge is 0.381 e. The van der Waals surface area contributed by atoms with Crippen LogP contribution in [-0.4, -0.2) is 33.0 Å². The van der Waals surface area contributed by atoms with Gasteiger partial charge >= 0.3 is 0 Å². The van der Waals surface area contributed by atoms with Crippen molar-refractivity contribution in [2.75, 3.05) is 13.2 Å². The first-order chi connectivity index (χ1) is 10.3. The lowest BCUT2D eigenvalue weighted by molar-refractivity contribution is 0.193. The lowest BCUT2D eigenvalue weighted by atomic mass is 10.1. The minimum absolute atomic E-state index is 0.289. The van der Waals surface area contributed by atoms with E-state index in [0.717, 1.165) is 49.8 Å². The first-order valence-corrected chi connectivity index (χ1v) is 7.43. The fourth-order valence-electron chi connectivity index (χ4n) is 2.52. The van der Waals surface area contributed by atoms with Gasteiger partial charge < -0.3 is 9.72 Å². The molecule has 110 valence electrons. The molecule has 1 saturated heterocycles. The molecular formula is C15H19N5O. The number of rotatable bonds is 5. The number of aryl methyl sites for hydroxylation is 1. The maximum Gasteiger partial charge on any atom is 0.174 e. The van der Waals surface area contributed by atoms with Gasteiger partial charge in [-0.1, -0.05) is 13.3 Å². The molecule has 21 heavy (non-hydrogen) atoms. The fourth-order valence-corrected chi connectivity index (χ4v) is 2.52. The normalized spacial score (nSPS) is 18.0. The summed E-state index contributed by atoms with van der Waals surface area (Å²) in [6, 6.07) is 3.95. The summed E-state index contributed by atoms with van der Waals surface area (Å²) in [5.41, 5.74) is 1.46. The monoisotopic (exact) mass is 285 g/mol. The summed E-state index contributed by atoms with van der Waals surface area (Å²) in [5.74, 6) is 1.95. The number of ether oxygens (including phenoxy) is 1. The van der Waals surface area contributed by atoms with Crippen molar-refractivity contribution < 1.29 is 4.74 Å². The van der Waals surface area contributed by atoms with Gasteiger partial charge in [-0.15, -0.1) is 0 Å². The zero-order valence-electron chi connectivity index (χ0n) is 12.2. The molecule has 1 aliphatic heterocycles. The molecule has 0 radical (unpaired) electrons. The van der Waals surface area contributed by atoms with Crippen molar-refractivity contribution in [3.63, 3.8) is 0 Å². The van der Waals surface area contributed by atoms with E-state index in [2.05, 4.69) is 23.1 Å². The Morgan fingerprint density at radius 2 is 2.48 bits per heavy atom. The van der Waals surface area contributed by atoms with E-state index in [-0.39, 0.29) is 5.92 Å². The summed E-state index contributed by atoms with van der Waals surface area (Å²) in [4.78, 5) is 7.81. The third-order valence-electron chi connectivity index (χ3n) is 3.76. The fraction of sp³-hybridized carbons (Fsp3) is 0.533. The molecule has 1 unspecified atom stereocenters. The highest BCUT2D eigenvalue weighted by Gasteiger charge is 2.24. The number of hydrogen-bond donors (Lipinski definition) is 1. The summed E-state index contributed by atoms with van der Waals surface area (Å²) >= 11 is 0. The van der Waals surface area contributed by atoms with E-state index >= 15 is 0 Å². The zero-order chi connectivity index (χ0) is 14.7. The molecule has 0 amide bonds. The standard InChI is InChI=1S/C15H19N5O/c1-2-3-5-20-15(13-7-11(8-16)9-17-13)18-14(19-20)12-4-6-21-10-12/h7,9,12,17H,2-6,10H2,1H3. The number of nitrogens with one attached hydrogen (secondary N) is 1. The van der Waals surface area contributed by atoms with Crippen LogP contribution in [0.3, 0.4) is 0 Å². The summed E-state index contributed by atoms with van der Waals surface area (Å²) in [5, 5.41) is 13.6. The minimum atomic E-state index is 0.289. The molecule has 2 aromatic rings. The highest BCUT2D eigenvalue weighted by Crippen LogP contribution is 2.26. The topological polar surface area (TPSA) is 79.5 Å². The third-order valence-corrected chi connectivity index (χ3v) is 3.76. The minimum Gasteiger partial charge on any atom is -0.381 e. The molecule has 1 atom stereocenters. The first-order valence-electron chi connectivity index (χ1n) is 7.43. The van der Waals surface area contributed by atoms with Crippen molar-refractivity contribution >= 4 is 0 Å². The molecule has 1 aliphatic rings. The molecule has 1 fully saturated rings. The Kier molecular flexibility index (Phi) is 4.02. The van der Waals surface area contributed by atoms with Gasteiger partial charge in [0.05, 0.1) is 17.9 Å². The Morgan fingerprint density at radius 1 is 1.57 bits per heavy atom. The Labute approximate surface area is 123 Å². The lowest BCUT2D eigenvalue weighted by Crippen LogP contribution is -2.04. The predicted molar refractivity (Wildman–Crippen MR) is 77.6 cm³/mol. The second-order valence-electron chi connectivity index (χ2n) is 5.34. The second kappa shape index (κ2) is 6.10. The third kappa shape index (κ3) is 2.83. The van der Waals surface area contributed by atoms with Crippen LogP contribution in [0.1, 0.15) is 43.5 Å². The molecule has 0 bridgehead atoms. The molecule has 1 N–H and O–H groups in total. The maximum absolute atomic E-state index is 8.96. The Morgan fingerprint density at radius 3 is 3.14 bits per heavy atom. The van der Waals surface area contributed by atoms with Crippen LogP contribution in [0.25, 0.3) is 11.5 Å². The highest BCUT2D eigenvalue weighted by atomic mass is 16.5. The van der Waals surface area contributed by atoms with E-state index in [1.807, 2.05) is 10.7 Å². The van der Waals surface area contributed by atoms with Crippen molar-refractivity contribution in [1.29, 1.82) is 5.26 Å². The number of nitrogens with zero attached hydrogens (tertiary/aromatic N) is 4. The Hall–Kier alpha value is -2.13. The Bertz CT molecular complexity index is 645. The molecule has 0 saturated carbocycles. The van der Waals surface area contributed by atoms with Crippen LogP contribution in [0.2, 0.25) is 0 Å². The van der Waals surface area contributed by atoms with Gasteiger partial charge in [0, 0.05) is 25.3 Å². The molecule has 6 nitrogen and oxygen atoms in total. The smallest absolute Gasteiger partial charge is 0.174 e. The molecule has 0 aromatic carbocycles. The van der Waals surface area contributed by atoms with Gasteiger partial charge in [-0.05, 0) is 18.9 Å². The molecule has 0 spiro atoms. The van der Waals surface area contributed by atoms with Gasteiger partial charge in [-0.2, -0.15) is 10.4 Å². The molecule has 6 heteroatoms. The number of hydrogen-bond acceptors (Lipinski definition) is 4. The molecular weight excluding hydrogens is 266 g/mol. The van der Waals surface area contributed by atoms with Crippen molar-refractivity contribution in [1.82, 2.24) is 19.7 Å². The first kappa shape index (κ1) is 13.8. The Balaban J connectivity index is 1.94. The second-order valence-corrected chi connectivity index (χ2v) is 5.34. The molecule has 3 heterocycles. The van der Waals surface area contributed by atoms with Gasteiger partial charge in [0.15, 0.2) is 11.6 Å². The number of aromatic nitrogens is 4. The average Bonchev–Trinajstić information content (AvgIpc) is 3.22. The number of unbranched alkanes of at least 4 members (excludes halogenated alkanes) is 1. The zero-order valence-corrected chi connectivity index (χ0v) is 12.2. The van der Waals surface area contributed by atoms with Crippen molar-refractivity contribution in [2.45, 2.75) is 38.6 Å². The van der Waals surface area contributed by atoms with E-state index in [4.69, 9.17) is 15.0 Å². The van der Waals surface area contributed by atoms with Gasteiger partial charge in [0.2, 0.25) is 0 Å². The molecule has 2 aromatic heterocycles. The van der Waals surface area contributed by atoms with Crippen LogP contribution in [0.5, 0.6) is 0 Å². The van der Waals surface area contributed by atoms with Crippen molar-refractivity contribution in [3.05, 3.63) is 23.7 Å². The van der Waals surface area contributed by atoms with Crippen LogP contribution in [-0.2, 0) is 11.3 Å². The molecule has 0 aliphatic carbocycles. The van der Waals surface area contributed by atoms with E-state index in [1.165, 1.54) is 0 Å². The summed E-state index contributed by atoms with van der Waals surface area (Å²) in [6.45, 7) is 4.48. The van der Waals surface area contributed by atoms with E-state index in [1.54, 1.807) is 6.20 Å². The average molecular weight is 285 g/mol. The van der Waals surface area contributed by atoms with Gasteiger partial charge in [0.1, 0.15) is 6.07 Å². The predicted octanol–water partition coefficient (Wildman–Crippen LogP) is 2.45. The van der Waals surface area contributed by atoms with Crippen molar-refractivity contribution in [2.24, 2.45) is 0 Å². The van der Waals surface area contributed by atoms with Crippen LogP contribution in [0, 0.1) is 11.3 Å². The van der Waals surface area contributed by atoms with Crippen LogP contribution < -0.4 is 0 Å². The van der Waals surface area contributed by atoms with Crippen LogP contribution in [0.4, 0.5) is 0 Å². The quantitative estimate of drug-likeness (QED) is 0.915. The van der Waals surface area contributed by atoms with Crippen LogP contribution >= 0.6 is 0 Å². The molecule has 3 rings (SSSR count). The van der Waals surface area contributed by atoms with E-state index < -0.39 is 0 Å². The lowest BCUT2D eigenvalue weighted by Gasteiger charge is -2.03. The number of aromatic amines is 1. The summed E-state index contributed by atoms with van der Waals surface area (Å²) in [7, 11) is 0. The highest BCUT2D eigenvalue weighted by molar-refractivity contribution is 5.53. The van der Waals surface area contributed by atoms with E-state index in [9.17, 15) is 0 Å². The number of nitriles is 1. The van der Waals surface area contributed by atoms with Gasteiger partial charge in [0.25, 0.3) is 0 Å². The maximum atomic E-state index is 8.96. The van der Waals surface area contributed by atoms with E-state index in [0.29, 0.717) is 12.2 Å². The van der Waals surface area contributed by atoms with Crippen LogP contribution in [0.15, 0.2) is 12.3 Å². The number of H-pyrrole nitrogens is 1. The van der Waals surface area contributed by atoms with Gasteiger partial charge in [-0.25, -0.2) is 9.67 Å². The SMILES string of the molecule is CCCCn1nc(C2CCOC2)nc1-c1cc(C#N)c[nH]1.